The van der Waals surface area contributed by atoms with Crippen molar-refractivity contribution in [1.29, 1.82) is 0 Å². The number of amides is 1. The van der Waals surface area contributed by atoms with Gasteiger partial charge in [0.2, 0.25) is 0 Å². The van der Waals surface area contributed by atoms with Gasteiger partial charge in [-0.2, -0.15) is 0 Å². The van der Waals surface area contributed by atoms with E-state index in [0.717, 1.165) is 4.47 Å². The van der Waals surface area contributed by atoms with Crippen molar-refractivity contribution in [2.24, 2.45) is 0 Å². The average Bonchev–Trinajstić information content (AvgIpc) is 2.58. The molecule has 2 unspecified atom stereocenters. The highest BCUT2D eigenvalue weighted by atomic mass is 79.9. The van der Waals surface area contributed by atoms with E-state index in [1.165, 1.54) is 4.90 Å². The zero-order valence-electron chi connectivity index (χ0n) is 9.01. The third-order valence-electron chi connectivity index (χ3n) is 2.79. The SMILES string of the molecule is Nc1cc(Br)ccc1C(=O)N1CC(O)C(O)C1. The van der Waals surface area contributed by atoms with E-state index >= 15 is 0 Å². The van der Waals surface area contributed by atoms with Gasteiger partial charge in [0.25, 0.3) is 5.91 Å². The van der Waals surface area contributed by atoms with Crippen molar-refractivity contribution in [1.82, 2.24) is 4.90 Å². The van der Waals surface area contributed by atoms with Crippen LogP contribution in [0.15, 0.2) is 22.7 Å². The van der Waals surface area contributed by atoms with Crippen molar-refractivity contribution in [3.8, 4) is 0 Å². The molecule has 0 radical (unpaired) electrons. The number of likely N-dealkylation sites (tertiary alicyclic amines) is 1. The summed E-state index contributed by atoms with van der Waals surface area (Å²) in [6.45, 7) is 0.269. The first-order valence-corrected chi connectivity index (χ1v) is 5.99. The number of β-amino-alcohol motifs (C(OH)–C–C–N with tert-alkyl or cyclic N) is 2. The number of aliphatic hydroxyl groups is 2. The standard InChI is InChI=1S/C11H13BrN2O3/c12-6-1-2-7(8(13)3-6)11(17)14-4-9(15)10(16)5-14/h1-3,9-10,15-16H,4-5,13H2. The lowest BCUT2D eigenvalue weighted by molar-refractivity contribution is 0.0572. The monoisotopic (exact) mass is 300 g/mol. The minimum absolute atomic E-state index is 0.134. The Labute approximate surface area is 107 Å². The molecule has 17 heavy (non-hydrogen) atoms. The van der Waals surface area contributed by atoms with Crippen molar-refractivity contribution in [2.45, 2.75) is 12.2 Å². The number of nitrogen functional groups attached to an aromatic ring is 1. The number of halogens is 1. The highest BCUT2D eigenvalue weighted by Gasteiger charge is 2.33. The molecule has 0 spiro atoms. The number of anilines is 1. The van der Waals surface area contributed by atoms with E-state index in [9.17, 15) is 15.0 Å². The van der Waals surface area contributed by atoms with Crippen LogP contribution in [0.1, 0.15) is 10.4 Å². The molecular weight excluding hydrogens is 288 g/mol. The largest absolute Gasteiger partial charge is 0.398 e. The molecular formula is C11H13BrN2O3. The molecule has 92 valence electrons. The number of carbonyl (C=O) groups is 1. The third kappa shape index (κ3) is 2.43. The Bertz CT molecular complexity index is 442. The predicted molar refractivity (Wildman–Crippen MR) is 66.5 cm³/mol. The predicted octanol–water partition coefficient (Wildman–Crippen LogP) is 0.209. The zero-order chi connectivity index (χ0) is 12.6. The minimum atomic E-state index is -0.879. The summed E-state index contributed by atoms with van der Waals surface area (Å²) < 4.78 is 0.799. The fourth-order valence-electron chi connectivity index (χ4n) is 1.83. The molecule has 1 amide bonds. The van der Waals surface area contributed by atoms with Crippen LogP contribution in [0.25, 0.3) is 0 Å². The topological polar surface area (TPSA) is 86.8 Å². The first-order chi connectivity index (χ1) is 7.99. The molecule has 1 aliphatic heterocycles. The molecule has 1 aromatic carbocycles. The molecule has 1 aromatic rings. The summed E-state index contributed by atoms with van der Waals surface area (Å²) in [6.07, 6.45) is -1.76. The highest BCUT2D eigenvalue weighted by Crippen LogP contribution is 2.22. The van der Waals surface area contributed by atoms with Crippen LogP contribution in [0, 0.1) is 0 Å². The summed E-state index contributed by atoms with van der Waals surface area (Å²) in [5.74, 6) is -0.273. The number of nitrogens with two attached hydrogens (primary N) is 1. The van der Waals surface area contributed by atoms with Gasteiger partial charge in [0.15, 0.2) is 0 Å². The maximum absolute atomic E-state index is 12.1. The van der Waals surface area contributed by atoms with E-state index in [-0.39, 0.29) is 19.0 Å². The van der Waals surface area contributed by atoms with Crippen molar-refractivity contribution < 1.29 is 15.0 Å². The number of hydrogen-bond donors (Lipinski definition) is 3. The number of carbonyl (C=O) groups excluding carboxylic acids is 1. The average molecular weight is 301 g/mol. The molecule has 2 rings (SSSR count). The fourth-order valence-corrected chi connectivity index (χ4v) is 2.21. The van der Waals surface area contributed by atoms with Crippen LogP contribution >= 0.6 is 15.9 Å². The lowest BCUT2D eigenvalue weighted by atomic mass is 10.1. The van der Waals surface area contributed by atoms with Gasteiger partial charge in [0, 0.05) is 23.2 Å². The van der Waals surface area contributed by atoms with E-state index < -0.39 is 12.2 Å². The van der Waals surface area contributed by atoms with Crippen molar-refractivity contribution in [2.75, 3.05) is 18.8 Å². The molecule has 0 saturated carbocycles. The number of benzene rings is 1. The quantitative estimate of drug-likeness (QED) is 0.647. The second-order valence-corrected chi connectivity index (χ2v) is 4.99. The molecule has 1 aliphatic rings. The van der Waals surface area contributed by atoms with Gasteiger partial charge in [-0.15, -0.1) is 0 Å². The third-order valence-corrected chi connectivity index (χ3v) is 3.28. The smallest absolute Gasteiger partial charge is 0.256 e. The zero-order valence-corrected chi connectivity index (χ0v) is 10.6. The van der Waals surface area contributed by atoms with Gasteiger partial charge in [0.05, 0.1) is 17.8 Å². The number of nitrogens with zero attached hydrogens (tertiary/aromatic N) is 1. The second-order valence-electron chi connectivity index (χ2n) is 4.08. The van der Waals surface area contributed by atoms with Crippen LogP contribution in [-0.2, 0) is 0 Å². The Balaban J connectivity index is 2.20. The normalized spacial score (nSPS) is 24.1. The summed E-state index contributed by atoms with van der Waals surface area (Å²) >= 11 is 3.26. The Morgan fingerprint density at radius 1 is 1.35 bits per heavy atom. The Hall–Kier alpha value is -1.11. The van der Waals surface area contributed by atoms with Gasteiger partial charge in [-0.3, -0.25) is 4.79 Å². The Morgan fingerprint density at radius 3 is 2.47 bits per heavy atom. The maximum atomic E-state index is 12.1. The van der Waals surface area contributed by atoms with Crippen molar-refractivity contribution in [3.63, 3.8) is 0 Å². The summed E-state index contributed by atoms with van der Waals surface area (Å²) in [5, 5.41) is 18.8. The van der Waals surface area contributed by atoms with Crippen LogP contribution in [0.2, 0.25) is 0 Å². The van der Waals surface area contributed by atoms with E-state index in [0.29, 0.717) is 11.3 Å². The summed E-state index contributed by atoms with van der Waals surface area (Å²) in [6, 6.07) is 5.00. The van der Waals surface area contributed by atoms with Crippen LogP contribution in [0.4, 0.5) is 5.69 Å². The number of hydrogen-bond acceptors (Lipinski definition) is 4. The maximum Gasteiger partial charge on any atom is 0.256 e. The van der Waals surface area contributed by atoms with E-state index in [2.05, 4.69) is 15.9 Å². The first kappa shape index (κ1) is 12.3. The molecule has 0 aromatic heterocycles. The summed E-state index contributed by atoms with van der Waals surface area (Å²) in [4.78, 5) is 13.5. The Kier molecular flexibility index (Phi) is 3.37. The fraction of sp³-hybridized carbons (Fsp3) is 0.364. The molecule has 1 fully saturated rings. The number of rotatable bonds is 1. The molecule has 0 aliphatic carbocycles. The molecule has 4 N–H and O–H groups in total. The van der Waals surface area contributed by atoms with Crippen LogP contribution in [0.5, 0.6) is 0 Å². The van der Waals surface area contributed by atoms with Crippen LogP contribution < -0.4 is 5.73 Å². The molecule has 2 atom stereocenters. The summed E-state index contributed by atoms with van der Waals surface area (Å²) in [5.41, 5.74) is 6.52. The van der Waals surface area contributed by atoms with E-state index in [1.54, 1.807) is 18.2 Å². The second kappa shape index (κ2) is 4.64. The van der Waals surface area contributed by atoms with Gasteiger partial charge < -0.3 is 20.8 Å². The van der Waals surface area contributed by atoms with Gasteiger partial charge in [-0.25, -0.2) is 0 Å². The number of aliphatic hydroxyl groups excluding tert-OH is 2. The van der Waals surface area contributed by atoms with Crippen LogP contribution in [-0.4, -0.2) is 46.3 Å². The van der Waals surface area contributed by atoms with Crippen molar-refractivity contribution in [3.05, 3.63) is 28.2 Å². The van der Waals surface area contributed by atoms with Gasteiger partial charge in [-0.1, -0.05) is 15.9 Å². The highest BCUT2D eigenvalue weighted by molar-refractivity contribution is 9.10. The van der Waals surface area contributed by atoms with Gasteiger partial charge >= 0.3 is 0 Å². The molecule has 6 heteroatoms. The van der Waals surface area contributed by atoms with Gasteiger partial charge in [0.1, 0.15) is 0 Å². The molecule has 1 saturated heterocycles. The summed E-state index contributed by atoms with van der Waals surface area (Å²) in [7, 11) is 0. The molecule has 0 bridgehead atoms. The van der Waals surface area contributed by atoms with Crippen LogP contribution in [0.3, 0.4) is 0 Å². The van der Waals surface area contributed by atoms with E-state index in [4.69, 9.17) is 5.73 Å². The van der Waals surface area contributed by atoms with Gasteiger partial charge in [-0.05, 0) is 18.2 Å². The Morgan fingerprint density at radius 2 is 1.94 bits per heavy atom. The lowest BCUT2D eigenvalue weighted by Gasteiger charge is -2.16. The molecule has 5 nitrogen and oxygen atoms in total. The lowest BCUT2D eigenvalue weighted by Crippen LogP contribution is -2.30. The van der Waals surface area contributed by atoms with E-state index in [1.807, 2.05) is 0 Å². The first-order valence-electron chi connectivity index (χ1n) is 5.19. The van der Waals surface area contributed by atoms with Crippen molar-refractivity contribution >= 4 is 27.5 Å². The minimum Gasteiger partial charge on any atom is -0.398 e. The molecule has 1 heterocycles.